The molecule has 0 unspecified atom stereocenters. The molecule has 0 atom stereocenters. The van der Waals surface area contributed by atoms with E-state index in [1.54, 1.807) is 6.07 Å². The Morgan fingerprint density at radius 2 is 1.88 bits per heavy atom. The van der Waals surface area contributed by atoms with E-state index in [2.05, 4.69) is 26.8 Å². The second-order valence-corrected chi connectivity index (χ2v) is 7.92. The van der Waals surface area contributed by atoms with Gasteiger partial charge in [-0.3, -0.25) is 9.51 Å². The van der Waals surface area contributed by atoms with Crippen molar-refractivity contribution in [1.29, 1.82) is 0 Å². The van der Waals surface area contributed by atoms with Crippen LogP contribution in [0.15, 0.2) is 87.7 Å². The summed E-state index contributed by atoms with van der Waals surface area (Å²) in [4.78, 5) is 13.9. The monoisotopic (exact) mass is 440 g/mol. The summed E-state index contributed by atoms with van der Waals surface area (Å²) in [5, 5.41) is 3.77. The van der Waals surface area contributed by atoms with Gasteiger partial charge in [0.25, 0.3) is 0 Å². The summed E-state index contributed by atoms with van der Waals surface area (Å²) < 4.78 is 24.6. The Labute approximate surface area is 189 Å². The van der Waals surface area contributed by atoms with Crippen molar-refractivity contribution < 1.29 is 13.7 Å². The molecule has 0 fully saturated rings. The summed E-state index contributed by atoms with van der Waals surface area (Å²) in [6, 6.07) is 22.6. The number of para-hydroxylation sites is 1. The second-order valence-electron chi connectivity index (χ2n) is 7.92. The molecule has 0 amide bonds. The fraction of sp³-hybridized carbons (Fsp3) is 0.111. The average molecular weight is 440 g/mol. The molecule has 1 aromatic heterocycles. The van der Waals surface area contributed by atoms with Gasteiger partial charge in [-0.1, -0.05) is 47.6 Å². The molecule has 6 heteroatoms. The van der Waals surface area contributed by atoms with Crippen LogP contribution in [0, 0.1) is 5.82 Å². The number of benzene rings is 3. The number of ether oxygens (including phenoxy) is 1. The molecular weight excluding hydrogens is 419 g/mol. The van der Waals surface area contributed by atoms with Gasteiger partial charge in [0, 0.05) is 6.42 Å². The molecule has 0 saturated heterocycles. The van der Waals surface area contributed by atoms with Crippen LogP contribution < -0.4 is 10.5 Å². The van der Waals surface area contributed by atoms with Gasteiger partial charge in [0.2, 0.25) is 0 Å². The highest BCUT2D eigenvalue weighted by atomic mass is 19.1. The summed E-state index contributed by atoms with van der Waals surface area (Å²) in [5.41, 5.74) is 6.73. The maximum Gasteiger partial charge on any atom is 0.438 e. The van der Waals surface area contributed by atoms with E-state index in [1.165, 1.54) is 12.1 Å². The first-order chi connectivity index (χ1) is 16.1. The molecule has 0 radical (unpaired) electrons. The van der Waals surface area contributed by atoms with E-state index >= 15 is 0 Å². The van der Waals surface area contributed by atoms with Crippen molar-refractivity contribution in [3.05, 3.63) is 123 Å². The number of hydrogen-bond acceptors (Lipinski definition) is 4. The van der Waals surface area contributed by atoms with Gasteiger partial charge >= 0.3 is 5.76 Å². The summed E-state index contributed by atoms with van der Waals surface area (Å²) in [5.74, 6) is 0.313. The molecule has 1 heterocycles. The van der Waals surface area contributed by atoms with E-state index in [0.29, 0.717) is 18.9 Å². The number of rotatable bonds is 6. The number of H-pyrrole nitrogens is 1. The quantitative estimate of drug-likeness (QED) is 0.421. The molecular formula is C27H21FN2O3. The number of allylic oxidation sites excluding steroid dienone is 3. The third-order valence-electron chi connectivity index (χ3n) is 5.69. The van der Waals surface area contributed by atoms with Gasteiger partial charge in [-0.25, -0.2) is 9.18 Å². The van der Waals surface area contributed by atoms with Gasteiger partial charge in [0.05, 0.1) is 0 Å². The van der Waals surface area contributed by atoms with Crippen molar-refractivity contribution in [1.82, 2.24) is 10.1 Å². The first-order valence-corrected chi connectivity index (χ1v) is 10.6. The fourth-order valence-electron chi connectivity index (χ4n) is 4.11. The number of halogens is 1. The highest BCUT2D eigenvalue weighted by molar-refractivity contribution is 6.05. The minimum absolute atomic E-state index is 0.311. The molecule has 1 aliphatic rings. The van der Waals surface area contributed by atoms with Crippen molar-refractivity contribution >= 4 is 17.2 Å². The van der Waals surface area contributed by atoms with E-state index in [0.717, 1.165) is 44.7 Å². The molecule has 5 rings (SSSR count). The standard InChI is InChI=1S/C27H21FN2O3/c1-17-23(13-18-6-5-7-19(12-18)16-32-21-8-3-2-4-9-21)22-11-10-20(28)14-25(22)24(17)15-26-29-27(31)33-30-26/h2-14H,15-16H2,1H3,(H,29,30,31). The van der Waals surface area contributed by atoms with Crippen LogP contribution in [-0.2, 0) is 13.0 Å². The lowest BCUT2D eigenvalue weighted by Crippen LogP contribution is -1.99. The van der Waals surface area contributed by atoms with Crippen LogP contribution in [0.2, 0.25) is 0 Å². The summed E-state index contributed by atoms with van der Waals surface area (Å²) in [6.45, 7) is 2.46. The number of aromatic amines is 1. The molecule has 5 nitrogen and oxygen atoms in total. The van der Waals surface area contributed by atoms with Gasteiger partial charge in [-0.2, -0.15) is 0 Å². The van der Waals surface area contributed by atoms with Crippen LogP contribution >= 0.6 is 0 Å². The van der Waals surface area contributed by atoms with Gasteiger partial charge in [0.1, 0.15) is 18.2 Å². The summed E-state index contributed by atoms with van der Waals surface area (Å²) in [6.07, 6.45) is 2.44. The Hall–Kier alpha value is -4.19. The lowest BCUT2D eigenvalue weighted by atomic mass is 10.00. The van der Waals surface area contributed by atoms with E-state index < -0.39 is 5.76 Å². The number of fused-ring (bicyclic) bond motifs is 1. The van der Waals surface area contributed by atoms with Crippen LogP contribution in [0.5, 0.6) is 5.75 Å². The fourth-order valence-corrected chi connectivity index (χ4v) is 4.11. The van der Waals surface area contributed by atoms with E-state index in [9.17, 15) is 9.18 Å². The largest absolute Gasteiger partial charge is 0.489 e. The minimum atomic E-state index is -0.606. The molecule has 0 bridgehead atoms. The lowest BCUT2D eigenvalue weighted by molar-refractivity contribution is 0.306. The van der Waals surface area contributed by atoms with Crippen LogP contribution in [0.3, 0.4) is 0 Å². The Kier molecular flexibility index (Phi) is 5.48. The molecule has 0 saturated carbocycles. The van der Waals surface area contributed by atoms with Gasteiger partial charge in [-0.15, -0.1) is 0 Å². The smallest absolute Gasteiger partial charge is 0.438 e. The molecule has 3 aromatic carbocycles. The highest BCUT2D eigenvalue weighted by Crippen LogP contribution is 2.43. The Balaban J connectivity index is 1.48. The maximum atomic E-state index is 14.1. The lowest BCUT2D eigenvalue weighted by Gasteiger charge is -2.08. The van der Waals surface area contributed by atoms with Crippen LogP contribution in [0.25, 0.3) is 17.2 Å². The van der Waals surface area contributed by atoms with Crippen molar-refractivity contribution in [3.63, 3.8) is 0 Å². The molecule has 0 spiro atoms. The number of nitrogens with zero attached hydrogens (tertiary/aromatic N) is 1. The van der Waals surface area contributed by atoms with Gasteiger partial charge in [-0.05, 0) is 82.3 Å². The number of hydrogen-bond donors (Lipinski definition) is 1. The third kappa shape index (κ3) is 4.41. The van der Waals surface area contributed by atoms with Crippen LogP contribution in [0.4, 0.5) is 4.39 Å². The Morgan fingerprint density at radius 3 is 2.67 bits per heavy atom. The summed E-state index contributed by atoms with van der Waals surface area (Å²) in [7, 11) is 0. The zero-order valence-electron chi connectivity index (χ0n) is 18.0. The Bertz CT molecular complexity index is 1430. The molecule has 1 N–H and O–H groups in total. The number of aromatic nitrogens is 2. The van der Waals surface area contributed by atoms with E-state index in [-0.39, 0.29) is 5.82 Å². The van der Waals surface area contributed by atoms with Crippen molar-refractivity contribution in [2.45, 2.75) is 20.0 Å². The first kappa shape index (κ1) is 20.7. The molecule has 164 valence electrons. The second kappa shape index (κ2) is 8.74. The Morgan fingerprint density at radius 1 is 1.03 bits per heavy atom. The van der Waals surface area contributed by atoms with Crippen molar-refractivity contribution in [3.8, 4) is 5.75 Å². The normalized spacial score (nSPS) is 14.1. The van der Waals surface area contributed by atoms with E-state index in [4.69, 9.17) is 4.74 Å². The van der Waals surface area contributed by atoms with Crippen LogP contribution in [0.1, 0.15) is 35.0 Å². The van der Waals surface area contributed by atoms with Gasteiger partial charge < -0.3 is 4.74 Å². The highest BCUT2D eigenvalue weighted by Gasteiger charge is 2.25. The topological polar surface area (TPSA) is 68.1 Å². The predicted molar refractivity (Wildman–Crippen MR) is 125 cm³/mol. The van der Waals surface area contributed by atoms with E-state index in [1.807, 2.05) is 55.5 Å². The maximum absolute atomic E-state index is 14.1. The zero-order valence-corrected chi connectivity index (χ0v) is 18.0. The first-order valence-electron chi connectivity index (χ1n) is 10.6. The SMILES string of the molecule is CC1=C(Cc2noc(=O)[nH]2)c2cc(F)ccc2C1=Cc1cccc(COc2ccccc2)c1. The van der Waals surface area contributed by atoms with Crippen molar-refractivity contribution in [2.24, 2.45) is 0 Å². The molecule has 33 heavy (non-hydrogen) atoms. The summed E-state index contributed by atoms with van der Waals surface area (Å²) >= 11 is 0. The van der Waals surface area contributed by atoms with Crippen LogP contribution in [-0.4, -0.2) is 10.1 Å². The average Bonchev–Trinajstić information content (AvgIpc) is 3.35. The van der Waals surface area contributed by atoms with Crippen molar-refractivity contribution in [2.75, 3.05) is 0 Å². The third-order valence-corrected chi connectivity index (χ3v) is 5.69. The van der Waals surface area contributed by atoms with Gasteiger partial charge in [0.15, 0.2) is 5.82 Å². The zero-order chi connectivity index (χ0) is 22.8. The molecule has 0 aliphatic heterocycles. The predicted octanol–water partition coefficient (Wildman–Crippen LogP) is 5.65. The molecule has 4 aromatic rings. The molecule has 1 aliphatic carbocycles. The minimum Gasteiger partial charge on any atom is -0.489 e. The number of nitrogens with one attached hydrogen (secondary N) is 1.